The van der Waals surface area contributed by atoms with E-state index in [9.17, 15) is 18.5 Å². The average molecular weight is 419 g/mol. The van der Waals surface area contributed by atoms with Crippen molar-refractivity contribution >= 4 is 21.4 Å². The van der Waals surface area contributed by atoms with E-state index in [1.165, 1.54) is 19.2 Å². The van der Waals surface area contributed by atoms with Crippen molar-refractivity contribution < 1.29 is 22.8 Å². The zero-order valence-electron chi connectivity index (χ0n) is 15.8. The summed E-state index contributed by atoms with van der Waals surface area (Å²) in [6, 6.07) is 9.67. The molecule has 2 aromatic carbocycles. The van der Waals surface area contributed by atoms with Crippen molar-refractivity contribution in [3.05, 3.63) is 52.1 Å². The van der Waals surface area contributed by atoms with E-state index in [1.807, 2.05) is 23.1 Å². The number of nitro groups is 1. The fourth-order valence-electron chi connectivity index (χ4n) is 3.85. The van der Waals surface area contributed by atoms with Crippen LogP contribution in [0.3, 0.4) is 0 Å². The lowest BCUT2D eigenvalue weighted by molar-refractivity contribution is -0.384. The molecule has 29 heavy (non-hydrogen) atoms. The zero-order chi connectivity index (χ0) is 20.6. The van der Waals surface area contributed by atoms with Crippen molar-refractivity contribution in [2.24, 2.45) is 0 Å². The summed E-state index contributed by atoms with van der Waals surface area (Å²) in [5.41, 5.74) is 1.15. The smallest absolute Gasteiger partial charge is 0.293 e. The highest BCUT2D eigenvalue weighted by atomic mass is 32.2. The van der Waals surface area contributed by atoms with Gasteiger partial charge in [-0.1, -0.05) is 6.07 Å². The molecule has 1 atom stereocenters. The van der Waals surface area contributed by atoms with Gasteiger partial charge in [0.2, 0.25) is 10.0 Å². The Morgan fingerprint density at radius 3 is 2.62 bits per heavy atom. The van der Waals surface area contributed by atoms with Gasteiger partial charge in [-0.3, -0.25) is 10.1 Å². The van der Waals surface area contributed by atoms with Crippen LogP contribution in [-0.2, 0) is 10.0 Å². The summed E-state index contributed by atoms with van der Waals surface area (Å²) in [6.07, 6.45) is 1.69. The number of rotatable bonds is 5. The van der Waals surface area contributed by atoms with Gasteiger partial charge >= 0.3 is 0 Å². The molecule has 0 spiro atoms. The highest BCUT2D eigenvalue weighted by Crippen LogP contribution is 2.43. The minimum atomic E-state index is -3.77. The van der Waals surface area contributed by atoms with Crippen LogP contribution in [0.15, 0.2) is 41.3 Å². The molecule has 0 aromatic heterocycles. The molecule has 1 fully saturated rings. The van der Waals surface area contributed by atoms with Gasteiger partial charge in [0, 0.05) is 12.6 Å². The van der Waals surface area contributed by atoms with Gasteiger partial charge in [0.15, 0.2) is 11.5 Å². The van der Waals surface area contributed by atoms with Crippen molar-refractivity contribution in [3.8, 4) is 11.5 Å². The minimum Gasteiger partial charge on any atom is -0.486 e. The summed E-state index contributed by atoms with van der Waals surface area (Å²) in [5.74, 6) is 1.36. The average Bonchev–Trinajstić information content (AvgIpc) is 3.22. The Balaban J connectivity index is 1.73. The standard InChI is InChI=1S/C19H21N3O6S/c1-20-29(25,26)14-5-6-16(17(12-14)22(23)24)21-8-2-3-15(21)13-4-7-18-19(11-13)28-10-9-27-18/h4-7,11-12,15,20H,2-3,8-10H2,1H3/t15-/m1/s1. The minimum absolute atomic E-state index is 0.0729. The highest BCUT2D eigenvalue weighted by Gasteiger charge is 2.32. The first-order valence-corrected chi connectivity index (χ1v) is 10.8. The molecule has 0 radical (unpaired) electrons. The van der Waals surface area contributed by atoms with Gasteiger partial charge in [-0.05, 0) is 49.7 Å². The van der Waals surface area contributed by atoms with E-state index in [0.717, 1.165) is 24.5 Å². The molecule has 154 valence electrons. The normalized spacial score (nSPS) is 18.7. The maximum Gasteiger partial charge on any atom is 0.293 e. The molecule has 0 unspecified atom stereocenters. The number of hydrogen-bond acceptors (Lipinski definition) is 7. The highest BCUT2D eigenvalue weighted by molar-refractivity contribution is 7.89. The summed E-state index contributed by atoms with van der Waals surface area (Å²) in [4.78, 5) is 13.0. The molecule has 4 rings (SSSR count). The van der Waals surface area contributed by atoms with Crippen LogP contribution in [0, 0.1) is 10.1 Å². The second kappa shape index (κ2) is 7.53. The molecule has 1 saturated heterocycles. The maximum atomic E-state index is 12.1. The Kier molecular flexibility index (Phi) is 5.05. The lowest BCUT2D eigenvalue weighted by Gasteiger charge is -2.28. The lowest BCUT2D eigenvalue weighted by atomic mass is 10.0. The molecule has 0 aliphatic carbocycles. The Hall–Kier alpha value is -2.85. The third-order valence-corrected chi connectivity index (χ3v) is 6.65. The molecular formula is C19H21N3O6S. The van der Waals surface area contributed by atoms with Gasteiger partial charge in [0.05, 0.1) is 15.9 Å². The van der Waals surface area contributed by atoms with E-state index in [4.69, 9.17) is 9.47 Å². The van der Waals surface area contributed by atoms with Crippen LogP contribution < -0.4 is 19.1 Å². The number of benzene rings is 2. The number of hydrogen-bond donors (Lipinski definition) is 1. The first-order valence-electron chi connectivity index (χ1n) is 9.29. The monoisotopic (exact) mass is 419 g/mol. The summed E-state index contributed by atoms with van der Waals surface area (Å²) in [5, 5.41) is 11.7. The second-order valence-electron chi connectivity index (χ2n) is 6.87. The van der Waals surface area contributed by atoms with Crippen molar-refractivity contribution in [3.63, 3.8) is 0 Å². The van der Waals surface area contributed by atoms with Gasteiger partial charge in [0.1, 0.15) is 18.9 Å². The molecule has 2 aromatic rings. The van der Waals surface area contributed by atoms with Gasteiger partial charge in [-0.25, -0.2) is 13.1 Å². The number of nitro benzene ring substituents is 1. The van der Waals surface area contributed by atoms with Crippen LogP contribution in [0.5, 0.6) is 11.5 Å². The van der Waals surface area contributed by atoms with Crippen LogP contribution in [0.2, 0.25) is 0 Å². The summed E-state index contributed by atoms with van der Waals surface area (Å²) in [6.45, 7) is 1.63. The van der Waals surface area contributed by atoms with Crippen LogP contribution in [0.1, 0.15) is 24.4 Å². The van der Waals surface area contributed by atoms with E-state index < -0.39 is 14.9 Å². The van der Waals surface area contributed by atoms with E-state index >= 15 is 0 Å². The lowest BCUT2D eigenvalue weighted by Crippen LogP contribution is -2.24. The van der Waals surface area contributed by atoms with Gasteiger partial charge in [0.25, 0.3) is 5.69 Å². The number of sulfonamides is 1. The Bertz CT molecular complexity index is 1060. The van der Waals surface area contributed by atoms with Gasteiger partial charge < -0.3 is 14.4 Å². The quantitative estimate of drug-likeness (QED) is 0.586. The predicted molar refractivity (Wildman–Crippen MR) is 106 cm³/mol. The van der Waals surface area contributed by atoms with Crippen molar-refractivity contribution in [2.75, 3.05) is 31.7 Å². The fourth-order valence-corrected chi connectivity index (χ4v) is 4.60. The molecule has 2 heterocycles. The Morgan fingerprint density at radius 2 is 1.90 bits per heavy atom. The second-order valence-corrected chi connectivity index (χ2v) is 8.76. The summed E-state index contributed by atoms with van der Waals surface area (Å²) < 4.78 is 37.5. The molecule has 0 bridgehead atoms. The van der Waals surface area contributed by atoms with Crippen LogP contribution in [0.25, 0.3) is 0 Å². The van der Waals surface area contributed by atoms with E-state index in [1.54, 1.807) is 0 Å². The zero-order valence-corrected chi connectivity index (χ0v) is 16.6. The number of nitrogens with zero attached hydrogens (tertiary/aromatic N) is 2. The third kappa shape index (κ3) is 3.60. The van der Waals surface area contributed by atoms with Crippen molar-refractivity contribution in [1.29, 1.82) is 0 Å². The topological polar surface area (TPSA) is 111 Å². The largest absolute Gasteiger partial charge is 0.486 e. The van der Waals surface area contributed by atoms with E-state index in [2.05, 4.69) is 4.72 Å². The maximum absolute atomic E-state index is 12.1. The van der Waals surface area contributed by atoms with Gasteiger partial charge in [-0.2, -0.15) is 0 Å². The number of anilines is 1. The van der Waals surface area contributed by atoms with Crippen LogP contribution in [-0.4, -0.2) is 40.1 Å². The summed E-state index contributed by atoms with van der Waals surface area (Å²) in [7, 11) is -2.50. The number of ether oxygens (including phenoxy) is 2. The molecule has 2 aliphatic rings. The first kappa shape index (κ1) is 19.5. The molecule has 10 heteroatoms. The van der Waals surface area contributed by atoms with Crippen molar-refractivity contribution in [1.82, 2.24) is 4.72 Å². The van der Waals surface area contributed by atoms with E-state index in [0.29, 0.717) is 36.9 Å². The summed E-state index contributed by atoms with van der Waals surface area (Å²) >= 11 is 0. The molecule has 0 saturated carbocycles. The fraction of sp³-hybridized carbons (Fsp3) is 0.368. The number of nitrogens with one attached hydrogen (secondary N) is 1. The van der Waals surface area contributed by atoms with Gasteiger partial charge in [-0.15, -0.1) is 0 Å². The molecule has 2 aliphatic heterocycles. The molecular weight excluding hydrogens is 398 g/mol. The molecule has 9 nitrogen and oxygen atoms in total. The Labute approximate surface area is 168 Å². The molecule has 1 N–H and O–H groups in total. The Morgan fingerprint density at radius 1 is 1.14 bits per heavy atom. The van der Waals surface area contributed by atoms with Crippen molar-refractivity contribution in [2.45, 2.75) is 23.8 Å². The third-order valence-electron chi connectivity index (χ3n) is 5.24. The predicted octanol–water partition coefficient (Wildman–Crippen LogP) is 2.62. The molecule has 0 amide bonds. The van der Waals surface area contributed by atoms with E-state index in [-0.39, 0.29) is 16.6 Å². The van der Waals surface area contributed by atoms with Crippen LogP contribution >= 0.6 is 0 Å². The van der Waals surface area contributed by atoms with Crippen LogP contribution in [0.4, 0.5) is 11.4 Å². The first-order chi connectivity index (χ1) is 13.9. The SMILES string of the molecule is CNS(=O)(=O)c1ccc(N2CCC[C@@H]2c2ccc3c(c2)OCCO3)c([N+](=O)[O-])c1. The number of fused-ring (bicyclic) bond motifs is 1.